The van der Waals surface area contributed by atoms with Crippen molar-refractivity contribution in [3.63, 3.8) is 0 Å². The smallest absolute Gasteiger partial charge is 0.255 e. The van der Waals surface area contributed by atoms with Gasteiger partial charge in [-0.1, -0.05) is 97.1 Å². The fraction of sp³-hybridized carbons (Fsp3) is 0. The van der Waals surface area contributed by atoms with Gasteiger partial charge in [0.1, 0.15) is 4.99 Å². The van der Waals surface area contributed by atoms with Crippen LogP contribution in [0.25, 0.3) is 0 Å². The normalized spacial score (nSPS) is 9.60. The van der Waals surface area contributed by atoms with E-state index in [0.717, 1.165) is 21.9 Å². The predicted molar refractivity (Wildman–Crippen MR) is 129 cm³/mol. The summed E-state index contributed by atoms with van der Waals surface area (Å²) in [4.78, 5) is 12.5. The molecule has 0 aliphatic heterocycles. The lowest BCUT2D eigenvalue weighted by molar-refractivity contribution is 0.102. The highest BCUT2D eigenvalue weighted by molar-refractivity contribution is 7.81. The molecule has 4 aromatic carbocycles. The maximum absolute atomic E-state index is 11.7. The van der Waals surface area contributed by atoms with Crippen molar-refractivity contribution in [2.45, 2.75) is 0 Å². The number of anilines is 2. The summed E-state index contributed by atoms with van der Waals surface area (Å²) in [5.74, 6) is -0.0817. The van der Waals surface area contributed by atoms with Crippen LogP contribution >= 0.6 is 12.2 Å². The summed E-state index contributed by atoms with van der Waals surface area (Å²) in [6.45, 7) is 0. The summed E-state index contributed by atoms with van der Waals surface area (Å²) in [7, 11) is 0. The molecule has 0 bridgehead atoms. The van der Waals surface area contributed by atoms with Gasteiger partial charge in [0.2, 0.25) is 0 Å². The van der Waals surface area contributed by atoms with Crippen LogP contribution in [0.4, 0.5) is 11.4 Å². The molecule has 0 saturated heterocycles. The van der Waals surface area contributed by atoms with Crippen LogP contribution in [0.15, 0.2) is 121 Å². The lowest BCUT2D eigenvalue weighted by Crippen LogP contribution is -2.11. The van der Waals surface area contributed by atoms with E-state index >= 15 is 0 Å². The van der Waals surface area contributed by atoms with Crippen LogP contribution in [-0.2, 0) is 0 Å². The average molecular weight is 411 g/mol. The van der Waals surface area contributed by atoms with E-state index in [9.17, 15) is 4.79 Å². The number of carbonyl (C=O) groups excluding carboxylic acids is 1. The van der Waals surface area contributed by atoms with Crippen LogP contribution < -0.4 is 10.6 Å². The van der Waals surface area contributed by atoms with Gasteiger partial charge < -0.3 is 10.6 Å². The third-order valence-corrected chi connectivity index (χ3v) is 4.47. The second-order valence-corrected chi connectivity index (χ2v) is 6.78. The highest BCUT2D eigenvalue weighted by Crippen LogP contribution is 2.09. The average Bonchev–Trinajstić information content (AvgIpc) is 2.82. The molecule has 3 nitrogen and oxygen atoms in total. The van der Waals surface area contributed by atoms with E-state index < -0.39 is 0 Å². The Bertz CT molecular complexity index is 964. The Morgan fingerprint density at radius 1 is 0.500 bits per heavy atom. The highest BCUT2D eigenvalue weighted by Gasteiger charge is 2.03. The van der Waals surface area contributed by atoms with Gasteiger partial charge in [-0.15, -0.1) is 0 Å². The summed E-state index contributed by atoms with van der Waals surface area (Å²) in [6.07, 6.45) is 0. The number of para-hydroxylation sites is 2. The largest absolute Gasteiger partial charge is 0.346 e. The lowest BCUT2D eigenvalue weighted by atomic mass is 10.2. The molecular formula is C26H22N2OS. The Hall–Kier alpha value is -3.76. The molecule has 0 radical (unpaired) electrons. The minimum absolute atomic E-state index is 0.0817. The Labute approximate surface area is 182 Å². The van der Waals surface area contributed by atoms with E-state index in [0.29, 0.717) is 5.56 Å². The number of hydrogen-bond acceptors (Lipinski definition) is 2. The predicted octanol–water partition coefficient (Wildman–Crippen LogP) is 6.41. The summed E-state index contributed by atoms with van der Waals surface area (Å²) >= 11 is 5.29. The molecule has 0 heterocycles. The second-order valence-electron chi connectivity index (χ2n) is 6.37. The molecule has 2 N–H and O–H groups in total. The van der Waals surface area contributed by atoms with Crippen molar-refractivity contribution in [3.05, 3.63) is 132 Å². The molecule has 0 fully saturated rings. The first-order chi connectivity index (χ1) is 14.7. The molecule has 4 rings (SSSR count). The molecule has 0 aliphatic rings. The summed E-state index contributed by atoms with van der Waals surface area (Å²) in [6, 6.07) is 38.5. The number of amides is 1. The maximum atomic E-state index is 11.7. The van der Waals surface area contributed by atoms with Crippen LogP contribution in [0.1, 0.15) is 15.9 Å². The zero-order valence-electron chi connectivity index (χ0n) is 16.4. The van der Waals surface area contributed by atoms with Gasteiger partial charge in [0, 0.05) is 22.5 Å². The minimum Gasteiger partial charge on any atom is -0.346 e. The molecule has 0 atom stereocenters. The summed E-state index contributed by atoms with van der Waals surface area (Å²) in [5.41, 5.74) is 3.54. The molecule has 4 aromatic rings. The lowest BCUT2D eigenvalue weighted by Gasteiger charge is -2.07. The van der Waals surface area contributed by atoms with Crippen molar-refractivity contribution in [1.82, 2.24) is 0 Å². The zero-order chi connectivity index (χ0) is 21.0. The summed E-state index contributed by atoms with van der Waals surface area (Å²) < 4.78 is 0. The Kier molecular flexibility index (Phi) is 7.89. The second kappa shape index (κ2) is 11.3. The number of rotatable bonds is 4. The van der Waals surface area contributed by atoms with Crippen molar-refractivity contribution in [2.75, 3.05) is 10.6 Å². The van der Waals surface area contributed by atoms with Gasteiger partial charge in [-0.05, 0) is 36.4 Å². The van der Waals surface area contributed by atoms with Crippen molar-refractivity contribution < 1.29 is 4.79 Å². The molecule has 0 spiro atoms. The molecule has 1 amide bonds. The Morgan fingerprint density at radius 3 is 1.33 bits per heavy atom. The van der Waals surface area contributed by atoms with Gasteiger partial charge in [-0.2, -0.15) is 0 Å². The fourth-order valence-electron chi connectivity index (χ4n) is 2.63. The van der Waals surface area contributed by atoms with Crippen LogP contribution in [-0.4, -0.2) is 10.9 Å². The molecule has 148 valence electrons. The molecule has 0 saturated carbocycles. The van der Waals surface area contributed by atoms with E-state index in [4.69, 9.17) is 12.2 Å². The molecule has 4 heteroatoms. The van der Waals surface area contributed by atoms with Crippen LogP contribution in [0.3, 0.4) is 0 Å². The van der Waals surface area contributed by atoms with Crippen molar-refractivity contribution in [1.29, 1.82) is 0 Å². The van der Waals surface area contributed by atoms with E-state index in [-0.39, 0.29) is 5.91 Å². The quantitative estimate of drug-likeness (QED) is 0.382. The topological polar surface area (TPSA) is 41.1 Å². The van der Waals surface area contributed by atoms with E-state index in [2.05, 4.69) is 10.6 Å². The Morgan fingerprint density at radius 2 is 0.867 bits per heavy atom. The van der Waals surface area contributed by atoms with E-state index in [1.54, 1.807) is 12.1 Å². The first kappa shape index (κ1) is 21.0. The van der Waals surface area contributed by atoms with E-state index in [1.807, 2.05) is 109 Å². The first-order valence-electron chi connectivity index (χ1n) is 9.55. The highest BCUT2D eigenvalue weighted by atomic mass is 32.1. The maximum Gasteiger partial charge on any atom is 0.255 e. The number of nitrogens with one attached hydrogen (secondary N) is 2. The van der Waals surface area contributed by atoms with Gasteiger partial charge >= 0.3 is 0 Å². The molecular weight excluding hydrogens is 388 g/mol. The van der Waals surface area contributed by atoms with Crippen molar-refractivity contribution in [2.24, 2.45) is 0 Å². The number of hydrogen-bond donors (Lipinski definition) is 2. The van der Waals surface area contributed by atoms with Crippen LogP contribution in [0.2, 0.25) is 0 Å². The van der Waals surface area contributed by atoms with E-state index in [1.165, 1.54) is 0 Å². The van der Waals surface area contributed by atoms with Gasteiger partial charge in [-0.25, -0.2) is 0 Å². The fourth-order valence-corrected chi connectivity index (χ4v) is 2.88. The number of thiocarbonyl (C=S) groups is 1. The third-order valence-electron chi connectivity index (χ3n) is 4.14. The van der Waals surface area contributed by atoms with Gasteiger partial charge in [0.05, 0.1) is 0 Å². The van der Waals surface area contributed by atoms with Gasteiger partial charge in [0.25, 0.3) is 5.91 Å². The van der Waals surface area contributed by atoms with Gasteiger partial charge in [-0.3, -0.25) is 4.79 Å². The summed E-state index contributed by atoms with van der Waals surface area (Å²) in [5, 5.41) is 6.01. The first-order valence-corrected chi connectivity index (χ1v) is 9.96. The van der Waals surface area contributed by atoms with Gasteiger partial charge in [0.15, 0.2) is 0 Å². The molecule has 0 unspecified atom stereocenters. The zero-order valence-corrected chi connectivity index (χ0v) is 17.2. The number of benzene rings is 4. The number of carbonyl (C=O) groups is 1. The third kappa shape index (κ3) is 6.69. The standard InChI is InChI=1S/C13H11NO.C13H11NS/c2*15-13(11-7-3-1-4-8-11)14-12-9-5-2-6-10-12/h2*1-10H,(H,14,15). The molecule has 0 aromatic heterocycles. The van der Waals surface area contributed by atoms with Crippen molar-refractivity contribution >= 4 is 34.5 Å². The SMILES string of the molecule is O=C(Nc1ccccc1)c1ccccc1.S=C(Nc1ccccc1)c1ccccc1. The molecule has 30 heavy (non-hydrogen) atoms. The van der Waals surface area contributed by atoms with Crippen molar-refractivity contribution in [3.8, 4) is 0 Å². The minimum atomic E-state index is -0.0817. The van der Waals surface area contributed by atoms with Crippen LogP contribution in [0, 0.1) is 0 Å². The van der Waals surface area contributed by atoms with Crippen LogP contribution in [0.5, 0.6) is 0 Å². The molecule has 0 aliphatic carbocycles. The monoisotopic (exact) mass is 410 g/mol. The Balaban J connectivity index is 0.000000171.